The number of nitrogens with one attached hydrogen (secondary N) is 1. The zero-order valence-electron chi connectivity index (χ0n) is 14.7. The lowest BCUT2D eigenvalue weighted by molar-refractivity contribution is 0.203. The maximum Gasteiger partial charge on any atom is 0.193 e. The van der Waals surface area contributed by atoms with Gasteiger partial charge < -0.3 is 10.2 Å². The van der Waals surface area contributed by atoms with Crippen molar-refractivity contribution in [3.05, 3.63) is 18.5 Å². The quantitative estimate of drug-likeness (QED) is 0.686. The Morgan fingerprint density at radius 1 is 1.30 bits per heavy atom. The average molecular weight is 317 g/mol. The minimum Gasteiger partial charge on any atom is -0.356 e. The molecule has 2 heterocycles. The Labute approximate surface area is 140 Å². The second kappa shape index (κ2) is 7.37. The summed E-state index contributed by atoms with van der Waals surface area (Å²) in [6, 6.07) is 1.98. The molecule has 0 aromatic carbocycles. The minimum atomic E-state index is 0.526. The SMILES string of the molecule is CN=C(NCC(C)Cn1cccn1)N1CCC2(CCCCC2)C1. The van der Waals surface area contributed by atoms with Crippen molar-refractivity contribution in [2.24, 2.45) is 16.3 Å². The highest BCUT2D eigenvalue weighted by Crippen LogP contribution is 2.43. The van der Waals surface area contributed by atoms with Crippen LogP contribution < -0.4 is 5.32 Å². The number of likely N-dealkylation sites (tertiary alicyclic amines) is 1. The maximum absolute atomic E-state index is 4.53. The smallest absolute Gasteiger partial charge is 0.193 e. The molecule has 5 heteroatoms. The molecule has 1 unspecified atom stereocenters. The fourth-order valence-corrected chi connectivity index (χ4v) is 4.22. The standard InChI is InChI=1S/C18H31N5/c1-16(14-23-11-6-10-21-23)13-20-17(19-2)22-12-9-18(15-22)7-4-3-5-8-18/h6,10-11,16H,3-5,7-9,12-15H2,1-2H3,(H,19,20). The van der Waals surface area contributed by atoms with E-state index in [9.17, 15) is 0 Å². The molecule has 1 aliphatic carbocycles. The van der Waals surface area contributed by atoms with E-state index in [1.807, 2.05) is 30.2 Å². The van der Waals surface area contributed by atoms with Gasteiger partial charge in [0.1, 0.15) is 0 Å². The van der Waals surface area contributed by atoms with Crippen molar-refractivity contribution in [2.75, 3.05) is 26.7 Å². The Hall–Kier alpha value is -1.52. The minimum absolute atomic E-state index is 0.526. The van der Waals surface area contributed by atoms with Gasteiger partial charge in [-0.1, -0.05) is 26.2 Å². The summed E-state index contributed by atoms with van der Waals surface area (Å²) in [5.74, 6) is 1.61. The van der Waals surface area contributed by atoms with Gasteiger partial charge in [-0.2, -0.15) is 5.10 Å². The van der Waals surface area contributed by atoms with Gasteiger partial charge in [0.25, 0.3) is 0 Å². The lowest BCUT2D eigenvalue weighted by atomic mass is 9.73. The predicted octanol–water partition coefficient (Wildman–Crippen LogP) is 2.75. The first-order chi connectivity index (χ1) is 11.2. The van der Waals surface area contributed by atoms with E-state index in [1.54, 1.807) is 0 Å². The summed E-state index contributed by atoms with van der Waals surface area (Å²) in [4.78, 5) is 7.00. The zero-order valence-corrected chi connectivity index (χ0v) is 14.7. The number of aromatic nitrogens is 2. The van der Waals surface area contributed by atoms with Crippen molar-refractivity contribution in [1.29, 1.82) is 0 Å². The van der Waals surface area contributed by atoms with Gasteiger partial charge in [-0.3, -0.25) is 9.67 Å². The summed E-state index contributed by atoms with van der Waals surface area (Å²) < 4.78 is 2.00. The third-order valence-corrected chi connectivity index (χ3v) is 5.53. The van der Waals surface area contributed by atoms with Crippen LogP contribution in [0.4, 0.5) is 0 Å². The fraction of sp³-hybridized carbons (Fsp3) is 0.778. The van der Waals surface area contributed by atoms with Crippen molar-refractivity contribution in [3.8, 4) is 0 Å². The van der Waals surface area contributed by atoms with Gasteiger partial charge >= 0.3 is 0 Å². The first-order valence-electron chi connectivity index (χ1n) is 9.14. The van der Waals surface area contributed by atoms with Gasteiger partial charge in [0.2, 0.25) is 0 Å². The molecule has 1 aromatic rings. The van der Waals surface area contributed by atoms with Gasteiger partial charge in [-0.25, -0.2) is 0 Å². The Bertz CT molecular complexity index is 501. The van der Waals surface area contributed by atoms with Crippen LogP contribution in [0.1, 0.15) is 45.4 Å². The van der Waals surface area contributed by atoms with Crippen molar-refractivity contribution >= 4 is 5.96 Å². The summed E-state index contributed by atoms with van der Waals surface area (Å²) in [7, 11) is 1.91. The molecular formula is C18H31N5. The molecule has 1 atom stereocenters. The molecule has 128 valence electrons. The molecule has 2 fully saturated rings. The van der Waals surface area contributed by atoms with Crippen LogP contribution >= 0.6 is 0 Å². The van der Waals surface area contributed by atoms with Gasteiger partial charge in [0.15, 0.2) is 5.96 Å². The first-order valence-corrected chi connectivity index (χ1v) is 9.14. The van der Waals surface area contributed by atoms with E-state index in [2.05, 4.69) is 27.2 Å². The molecule has 1 aromatic heterocycles. The average Bonchev–Trinajstić information content (AvgIpc) is 3.20. The Morgan fingerprint density at radius 2 is 2.13 bits per heavy atom. The van der Waals surface area contributed by atoms with E-state index >= 15 is 0 Å². The van der Waals surface area contributed by atoms with Crippen molar-refractivity contribution in [2.45, 2.75) is 52.0 Å². The molecular weight excluding hydrogens is 286 g/mol. The van der Waals surface area contributed by atoms with Gasteiger partial charge in [-0.15, -0.1) is 0 Å². The van der Waals surface area contributed by atoms with E-state index in [0.29, 0.717) is 11.3 Å². The molecule has 1 N–H and O–H groups in total. The van der Waals surface area contributed by atoms with E-state index in [4.69, 9.17) is 0 Å². The summed E-state index contributed by atoms with van der Waals surface area (Å²) in [5.41, 5.74) is 0.580. The first kappa shape index (κ1) is 16.3. The normalized spacial score (nSPS) is 22.5. The number of nitrogens with zero attached hydrogens (tertiary/aromatic N) is 4. The second-order valence-electron chi connectivity index (χ2n) is 7.49. The van der Waals surface area contributed by atoms with Crippen LogP contribution in [0.2, 0.25) is 0 Å². The van der Waals surface area contributed by atoms with E-state index < -0.39 is 0 Å². The molecule has 0 radical (unpaired) electrons. The van der Waals surface area contributed by atoms with Crippen LogP contribution in [0.3, 0.4) is 0 Å². The topological polar surface area (TPSA) is 45.5 Å². The van der Waals surface area contributed by atoms with Crippen LogP contribution in [0.15, 0.2) is 23.5 Å². The molecule has 0 bridgehead atoms. The Kier molecular flexibility index (Phi) is 5.23. The fourth-order valence-electron chi connectivity index (χ4n) is 4.22. The van der Waals surface area contributed by atoms with Gasteiger partial charge in [-0.05, 0) is 36.7 Å². The third-order valence-electron chi connectivity index (χ3n) is 5.53. The Balaban J connectivity index is 1.48. The predicted molar refractivity (Wildman–Crippen MR) is 94.5 cm³/mol. The number of rotatable bonds is 4. The number of hydrogen-bond donors (Lipinski definition) is 1. The van der Waals surface area contributed by atoms with Gasteiger partial charge in [0.05, 0.1) is 0 Å². The summed E-state index contributed by atoms with van der Waals surface area (Å²) in [6.45, 7) is 6.50. The van der Waals surface area contributed by atoms with E-state index in [-0.39, 0.29) is 0 Å². The third kappa shape index (κ3) is 4.06. The molecule has 1 saturated heterocycles. The van der Waals surface area contributed by atoms with Crippen LogP contribution in [0, 0.1) is 11.3 Å². The summed E-state index contributed by atoms with van der Waals surface area (Å²) >= 11 is 0. The summed E-state index contributed by atoms with van der Waals surface area (Å²) in [6.07, 6.45) is 12.3. The number of hydrogen-bond acceptors (Lipinski definition) is 2. The van der Waals surface area contributed by atoms with Crippen LogP contribution in [0.5, 0.6) is 0 Å². The largest absolute Gasteiger partial charge is 0.356 e. The highest BCUT2D eigenvalue weighted by Gasteiger charge is 2.39. The van der Waals surface area contributed by atoms with E-state index in [0.717, 1.165) is 25.6 Å². The molecule has 1 saturated carbocycles. The molecule has 3 rings (SSSR count). The highest BCUT2D eigenvalue weighted by atomic mass is 15.3. The second-order valence-corrected chi connectivity index (χ2v) is 7.49. The lowest BCUT2D eigenvalue weighted by Gasteiger charge is -2.33. The van der Waals surface area contributed by atoms with Crippen molar-refractivity contribution < 1.29 is 0 Å². The van der Waals surface area contributed by atoms with Crippen LogP contribution in [0.25, 0.3) is 0 Å². The molecule has 1 aliphatic heterocycles. The number of aliphatic imine (C=N–C) groups is 1. The molecule has 1 spiro atoms. The zero-order chi connectivity index (χ0) is 16.1. The monoisotopic (exact) mass is 317 g/mol. The molecule has 2 aliphatic rings. The number of guanidine groups is 1. The summed E-state index contributed by atoms with van der Waals surface area (Å²) in [5, 5.41) is 7.87. The van der Waals surface area contributed by atoms with Crippen LogP contribution in [-0.4, -0.2) is 47.3 Å². The molecule has 23 heavy (non-hydrogen) atoms. The molecule has 0 amide bonds. The lowest BCUT2D eigenvalue weighted by Crippen LogP contribution is -2.43. The maximum atomic E-state index is 4.53. The van der Waals surface area contributed by atoms with Gasteiger partial charge in [0, 0.05) is 45.6 Å². The Morgan fingerprint density at radius 3 is 2.83 bits per heavy atom. The molecule has 5 nitrogen and oxygen atoms in total. The van der Waals surface area contributed by atoms with Crippen molar-refractivity contribution in [1.82, 2.24) is 20.0 Å². The highest BCUT2D eigenvalue weighted by molar-refractivity contribution is 5.80. The van der Waals surface area contributed by atoms with Crippen molar-refractivity contribution in [3.63, 3.8) is 0 Å². The van der Waals surface area contributed by atoms with Crippen LogP contribution in [-0.2, 0) is 6.54 Å². The van der Waals surface area contributed by atoms with E-state index in [1.165, 1.54) is 45.1 Å².